The first kappa shape index (κ1) is 19.3. The average Bonchev–Trinajstić information content (AvgIpc) is 3.40. The molecule has 1 aliphatic heterocycles. The lowest BCUT2D eigenvalue weighted by atomic mass is 9.85. The van der Waals surface area contributed by atoms with E-state index in [1.807, 2.05) is 59.3 Å². The fourth-order valence-electron chi connectivity index (χ4n) is 4.76. The van der Waals surface area contributed by atoms with Crippen molar-refractivity contribution in [2.24, 2.45) is 0 Å². The number of fused-ring (bicyclic) bond motifs is 1. The molecule has 1 saturated heterocycles. The molecule has 2 aromatic heterocycles. The Morgan fingerprint density at radius 1 is 1.03 bits per heavy atom. The Hall–Kier alpha value is -3.67. The Morgan fingerprint density at radius 3 is 2.55 bits per heavy atom. The van der Waals surface area contributed by atoms with Crippen molar-refractivity contribution in [2.75, 3.05) is 6.54 Å². The van der Waals surface area contributed by atoms with Gasteiger partial charge in [-0.3, -0.25) is 4.90 Å². The molecule has 5 rings (SSSR count). The number of aromatic nitrogens is 2. The van der Waals surface area contributed by atoms with Gasteiger partial charge >= 0.3 is 6.09 Å². The number of pyridine rings is 1. The Morgan fingerprint density at radius 2 is 1.77 bits per heavy atom. The first-order valence-corrected chi connectivity index (χ1v) is 10.4. The molecule has 31 heavy (non-hydrogen) atoms. The molecule has 0 unspecified atom stereocenters. The number of rotatable bonds is 4. The summed E-state index contributed by atoms with van der Waals surface area (Å²) in [7, 11) is 0. The fraction of sp³-hybridized carbons (Fsp3) is 0.200. The Labute approximate surface area is 179 Å². The molecule has 0 aliphatic carbocycles. The zero-order chi connectivity index (χ0) is 21.4. The first-order valence-electron chi connectivity index (χ1n) is 10.4. The van der Waals surface area contributed by atoms with E-state index in [9.17, 15) is 14.3 Å². The highest BCUT2D eigenvalue weighted by molar-refractivity contribution is 5.78. The van der Waals surface area contributed by atoms with Crippen LogP contribution in [0.15, 0.2) is 79.1 Å². The minimum atomic E-state index is -0.945. The first-order chi connectivity index (χ1) is 15.1. The quantitative estimate of drug-likeness (QED) is 0.489. The van der Waals surface area contributed by atoms with E-state index in [0.29, 0.717) is 41.9 Å². The van der Waals surface area contributed by atoms with Gasteiger partial charge in [-0.15, -0.1) is 0 Å². The summed E-state index contributed by atoms with van der Waals surface area (Å²) < 4.78 is 16.4. The van der Waals surface area contributed by atoms with Crippen molar-refractivity contribution in [2.45, 2.75) is 24.8 Å². The number of nitrogens with zero attached hydrogens (tertiary/aromatic N) is 3. The second-order valence-corrected chi connectivity index (χ2v) is 7.99. The normalized spacial score (nSPS) is 18.5. The summed E-state index contributed by atoms with van der Waals surface area (Å²) >= 11 is 0. The van der Waals surface area contributed by atoms with E-state index in [-0.39, 0.29) is 5.82 Å². The van der Waals surface area contributed by atoms with Crippen LogP contribution in [-0.2, 0) is 12.0 Å². The molecule has 0 spiro atoms. The maximum absolute atomic E-state index is 14.5. The van der Waals surface area contributed by atoms with Crippen LogP contribution in [0.3, 0.4) is 0 Å². The molecule has 4 aromatic rings. The number of hydrogen-bond donors (Lipinski definition) is 1. The van der Waals surface area contributed by atoms with Gasteiger partial charge in [0.2, 0.25) is 0 Å². The van der Waals surface area contributed by atoms with E-state index in [4.69, 9.17) is 4.98 Å². The molecule has 1 aliphatic rings. The van der Waals surface area contributed by atoms with E-state index in [2.05, 4.69) is 0 Å². The number of benzene rings is 2. The van der Waals surface area contributed by atoms with Gasteiger partial charge in [-0.25, -0.2) is 14.2 Å². The lowest BCUT2D eigenvalue weighted by Crippen LogP contribution is -2.46. The second-order valence-electron chi connectivity index (χ2n) is 7.99. The number of carboxylic acid groups (broad SMARTS) is 1. The van der Waals surface area contributed by atoms with E-state index < -0.39 is 11.6 Å². The van der Waals surface area contributed by atoms with Crippen molar-refractivity contribution in [3.8, 4) is 11.1 Å². The fourth-order valence-corrected chi connectivity index (χ4v) is 4.76. The molecule has 5 nitrogen and oxygen atoms in total. The zero-order valence-corrected chi connectivity index (χ0v) is 16.9. The van der Waals surface area contributed by atoms with Gasteiger partial charge in [0.25, 0.3) is 0 Å². The van der Waals surface area contributed by atoms with Crippen LogP contribution in [0.1, 0.15) is 24.1 Å². The summed E-state index contributed by atoms with van der Waals surface area (Å²) in [5, 5.41) is 9.97. The molecular weight excluding hydrogens is 393 g/mol. The minimum absolute atomic E-state index is 0.313. The molecule has 0 bridgehead atoms. The second kappa shape index (κ2) is 7.54. The van der Waals surface area contributed by atoms with Crippen molar-refractivity contribution in [1.82, 2.24) is 14.3 Å². The SMILES string of the molecule is O=C(O)N1CCC[C@]1(Cc1ccccc1)c1cn2cccc(-c3ccccc3F)c2n1. The summed E-state index contributed by atoms with van der Waals surface area (Å²) in [5.41, 5.74) is 2.77. The van der Waals surface area contributed by atoms with Crippen molar-refractivity contribution in [3.05, 3.63) is 96.2 Å². The molecule has 1 atom stereocenters. The lowest BCUT2D eigenvalue weighted by Gasteiger charge is -2.35. The van der Waals surface area contributed by atoms with Crippen LogP contribution in [0.5, 0.6) is 0 Å². The van der Waals surface area contributed by atoms with E-state index in [0.717, 1.165) is 12.0 Å². The van der Waals surface area contributed by atoms with Crippen molar-refractivity contribution < 1.29 is 14.3 Å². The molecular formula is C25H22FN3O2. The summed E-state index contributed by atoms with van der Waals surface area (Å²) in [6, 6.07) is 20.2. The molecule has 1 amide bonds. The van der Waals surface area contributed by atoms with Crippen LogP contribution in [0.2, 0.25) is 0 Å². The predicted molar refractivity (Wildman–Crippen MR) is 116 cm³/mol. The van der Waals surface area contributed by atoms with Gasteiger partial charge in [0, 0.05) is 36.5 Å². The lowest BCUT2D eigenvalue weighted by molar-refractivity contribution is 0.0985. The number of carbonyl (C=O) groups is 1. The van der Waals surface area contributed by atoms with E-state index in [1.54, 1.807) is 18.2 Å². The largest absolute Gasteiger partial charge is 0.465 e. The van der Waals surface area contributed by atoms with Gasteiger partial charge in [-0.1, -0.05) is 48.5 Å². The molecule has 6 heteroatoms. The number of imidazole rings is 1. The molecule has 0 saturated carbocycles. The summed E-state index contributed by atoms with van der Waals surface area (Å²) in [4.78, 5) is 18.6. The summed E-state index contributed by atoms with van der Waals surface area (Å²) in [6.07, 6.45) is 4.81. The van der Waals surface area contributed by atoms with E-state index >= 15 is 0 Å². The predicted octanol–water partition coefficient (Wildman–Crippen LogP) is 5.35. The number of likely N-dealkylation sites (tertiary alicyclic amines) is 1. The Kier molecular flexibility index (Phi) is 4.70. The summed E-state index contributed by atoms with van der Waals surface area (Å²) in [6.45, 7) is 0.468. The zero-order valence-electron chi connectivity index (χ0n) is 16.9. The van der Waals surface area contributed by atoms with Crippen LogP contribution in [0.25, 0.3) is 16.8 Å². The Bertz CT molecular complexity index is 1250. The molecule has 0 radical (unpaired) electrons. The van der Waals surface area contributed by atoms with Gasteiger partial charge in [-0.05, 0) is 36.6 Å². The van der Waals surface area contributed by atoms with Crippen LogP contribution in [0.4, 0.5) is 9.18 Å². The highest BCUT2D eigenvalue weighted by Gasteiger charge is 2.47. The number of hydrogen-bond acceptors (Lipinski definition) is 2. The molecule has 1 N–H and O–H groups in total. The van der Waals surface area contributed by atoms with Crippen LogP contribution in [-0.4, -0.2) is 32.0 Å². The third-order valence-corrected chi connectivity index (χ3v) is 6.18. The third-order valence-electron chi connectivity index (χ3n) is 6.18. The monoisotopic (exact) mass is 415 g/mol. The van der Waals surface area contributed by atoms with Gasteiger partial charge in [0.05, 0.1) is 11.2 Å². The van der Waals surface area contributed by atoms with E-state index in [1.165, 1.54) is 11.0 Å². The standard InChI is InChI=1S/C25H22FN3O2/c26-21-12-5-4-10-19(21)20-11-6-14-28-17-22(27-23(20)28)25(13-7-15-29(25)24(30)31)16-18-8-2-1-3-9-18/h1-6,8-12,14,17H,7,13,15-16H2,(H,30,31)/t25-/m0/s1. The van der Waals surface area contributed by atoms with Crippen molar-refractivity contribution in [1.29, 1.82) is 0 Å². The maximum atomic E-state index is 14.5. The Balaban J connectivity index is 1.69. The topological polar surface area (TPSA) is 57.8 Å². The van der Waals surface area contributed by atoms with Gasteiger partial charge < -0.3 is 9.51 Å². The smallest absolute Gasteiger partial charge is 0.408 e. The number of amides is 1. The van der Waals surface area contributed by atoms with Crippen LogP contribution < -0.4 is 0 Å². The van der Waals surface area contributed by atoms with Crippen LogP contribution >= 0.6 is 0 Å². The highest BCUT2D eigenvalue weighted by Crippen LogP contribution is 2.42. The molecule has 156 valence electrons. The van der Waals surface area contributed by atoms with Crippen molar-refractivity contribution >= 4 is 11.7 Å². The molecule has 2 aromatic carbocycles. The van der Waals surface area contributed by atoms with Gasteiger partial charge in [0.15, 0.2) is 0 Å². The summed E-state index contributed by atoms with van der Waals surface area (Å²) in [5.74, 6) is -0.313. The van der Waals surface area contributed by atoms with Gasteiger partial charge in [0.1, 0.15) is 11.5 Å². The number of halogens is 1. The average molecular weight is 415 g/mol. The minimum Gasteiger partial charge on any atom is -0.465 e. The highest BCUT2D eigenvalue weighted by atomic mass is 19.1. The van der Waals surface area contributed by atoms with Crippen LogP contribution in [0, 0.1) is 5.82 Å². The van der Waals surface area contributed by atoms with Gasteiger partial charge in [-0.2, -0.15) is 0 Å². The van der Waals surface area contributed by atoms with Crippen molar-refractivity contribution in [3.63, 3.8) is 0 Å². The maximum Gasteiger partial charge on any atom is 0.408 e. The molecule has 1 fully saturated rings. The third kappa shape index (κ3) is 3.24. The molecule has 3 heterocycles.